The summed E-state index contributed by atoms with van der Waals surface area (Å²) in [6.07, 6.45) is 1.88. The van der Waals surface area contributed by atoms with Crippen molar-refractivity contribution in [1.82, 2.24) is 0 Å². The van der Waals surface area contributed by atoms with Crippen LogP contribution in [0.15, 0.2) is 42.5 Å². The van der Waals surface area contributed by atoms with Crippen molar-refractivity contribution in [3.05, 3.63) is 59.2 Å². The summed E-state index contributed by atoms with van der Waals surface area (Å²) < 4.78 is 10.9. The summed E-state index contributed by atoms with van der Waals surface area (Å²) in [6, 6.07) is 14.7. The van der Waals surface area contributed by atoms with Crippen LogP contribution in [0.3, 0.4) is 0 Å². The molecule has 0 bridgehead atoms. The minimum atomic E-state index is 0.309. The topological polar surface area (TPSA) is 44.5 Å². The lowest BCUT2D eigenvalue weighted by molar-refractivity contribution is 0.340. The van der Waals surface area contributed by atoms with Crippen LogP contribution in [-0.4, -0.2) is 20.3 Å². The van der Waals surface area contributed by atoms with Gasteiger partial charge in [0.15, 0.2) is 0 Å². The van der Waals surface area contributed by atoms with E-state index < -0.39 is 0 Å². The van der Waals surface area contributed by atoms with Gasteiger partial charge in [-0.15, -0.1) is 0 Å². The van der Waals surface area contributed by atoms with E-state index in [4.69, 9.17) is 15.2 Å². The van der Waals surface area contributed by atoms with E-state index in [2.05, 4.69) is 37.3 Å². The maximum atomic E-state index is 6.04. The molecule has 0 radical (unpaired) electrons. The molecule has 2 N–H and O–H groups in total. The maximum Gasteiger partial charge on any atom is 0.122 e. The zero-order valence-corrected chi connectivity index (χ0v) is 14.3. The molecule has 0 aliphatic heterocycles. The third-order valence-electron chi connectivity index (χ3n) is 4.16. The van der Waals surface area contributed by atoms with Crippen LogP contribution in [0.25, 0.3) is 0 Å². The van der Waals surface area contributed by atoms with Crippen LogP contribution < -0.4 is 15.2 Å². The first-order chi connectivity index (χ1) is 11.2. The summed E-state index contributed by atoms with van der Waals surface area (Å²) in [5.41, 5.74) is 9.82. The van der Waals surface area contributed by atoms with E-state index in [9.17, 15) is 0 Å². The van der Waals surface area contributed by atoms with Gasteiger partial charge in [-0.05, 0) is 61.2 Å². The van der Waals surface area contributed by atoms with Gasteiger partial charge in [0.1, 0.15) is 11.5 Å². The summed E-state index contributed by atoms with van der Waals surface area (Å²) >= 11 is 0. The van der Waals surface area contributed by atoms with E-state index in [1.807, 2.05) is 19.1 Å². The Morgan fingerprint density at radius 2 is 1.78 bits per heavy atom. The molecule has 124 valence electrons. The predicted molar refractivity (Wildman–Crippen MR) is 95.5 cm³/mol. The summed E-state index contributed by atoms with van der Waals surface area (Å²) in [5.74, 6) is 2.18. The summed E-state index contributed by atoms with van der Waals surface area (Å²) in [7, 11) is 1.72. The molecule has 0 saturated carbocycles. The van der Waals surface area contributed by atoms with Gasteiger partial charge < -0.3 is 15.2 Å². The summed E-state index contributed by atoms with van der Waals surface area (Å²) in [6.45, 7) is 5.46. The minimum absolute atomic E-state index is 0.309. The molecule has 1 unspecified atom stereocenters. The third-order valence-corrected chi connectivity index (χ3v) is 4.16. The van der Waals surface area contributed by atoms with Crippen molar-refractivity contribution in [2.75, 3.05) is 20.3 Å². The van der Waals surface area contributed by atoms with Crippen LogP contribution in [0.5, 0.6) is 11.5 Å². The molecule has 0 heterocycles. The highest BCUT2D eigenvalue weighted by Crippen LogP contribution is 2.27. The van der Waals surface area contributed by atoms with E-state index >= 15 is 0 Å². The summed E-state index contributed by atoms with van der Waals surface area (Å²) in [4.78, 5) is 0. The Balaban J connectivity index is 2.16. The second-order valence-electron chi connectivity index (χ2n) is 5.64. The highest BCUT2D eigenvalue weighted by molar-refractivity contribution is 5.39. The number of aryl methyl sites for hydroxylation is 1. The quantitative estimate of drug-likeness (QED) is 0.803. The molecule has 0 aliphatic carbocycles. The zero-order chi connectivity index (χ0) is 16.7. The number of methoxy groups -OCH3 is 1. The van der Waals surface area contributed by atoms with Crippen LogP contribution >= 0.6 is 0 Å². The standard InChI is InChI=1S/C20H27NO2/c1-4-16-13-17(8-11-20(16)22-3)18(14-21)12-15-6-9-19(10-7-15)23-5-2/h6-11,13,18H,4-5,12,14,21H2,1-3H3. The van der Waals surface area contributed by atoms with Crippen LogP contribution in [0.2, 0.25) is 0 Å². The van der Waals surface area contributed by atoms with Crippen molar-refractivity contribution in [3.8, 4) is 11.5 Å². The lowest BCUT2D eigenvalue weighted by Crippen LogP contribution is -2.15. The number of benzene rings is 2. The molecule has 0 aliphatic rings. The van der Waals surface area contributed by atoms with Crippen LogP contribution in [-0.2, 0) is 12.8 Å². The molecule has 0 spiro atoms. The summed E-state index contributed by atoms with van der Waals surface area (Å²) in [5, 5.41) is 0. The van der Waals surface area contributed by atoms with E-state index in [0.29, 0.717) is 19.1 Å². The number of hydrogen-bond donors (Lipinski definition) is 1. The molecule has 0 amide bonds. The van der Waals surface area contributed by atoms with Gasteiger partial charge in [0, 0.05) is 5.92 Å². The lowest BCUT2D eigenvalue weighted by Gasteiger charge is -2.18. The molecule has 2 aromatic carbocycles. The highest BCUT2D eigenvalue weighted by atomic mass is 16.5. The maximum absolute atomic E-state index is 6.04. The van der Waals surface area contributed by atoms with E-state index in [-0.39, 0.29) is 0 Å². The second kappa shape index (κ2) is 8.59. The molecule has 2 aromatic rings. The highest BCUT2D eigenvalue weighted by Gasteiger charge is 2.13. The average Bonchev–Trinajstić information content (AvgIpc) is 2.60. The Kier molecular flexibility index (Phi) is 6.48. The normalized spacial score (nSPS) is 12.0. The fraction of sp³-hybridized carbons (Fsp3) is 0.400. The molecule has 23 heavy (non-hydrogen) atoms. The minimum Gasteiger partial charge on any atom is -0.496 e. The fourth-order valence-corrected chi connectivity index (χ4v) is 2.84. The molecule has 0 fully saturated rings. The molecule has 0 aromatic heterocycles. The van der Waals surface area contributed by atoms with Gasteiger partial charge in [-0.25, -0.2) is 0 Å². The van der Waals surface area contributed by atoms with Gasteiger partial charge in [0.25, 0.3) is 0 Å². The Morgan fingerprint density at radius 1 is 1.04 bits per heavy atom. The van der Waals surface area contributed by atoms with Gasteiger partial charge in [0.2, 0.25) is 0 Å². The van der Waals surface area contributed by atoms with Crippen molar-refractivity contribution >= 4 is 0 Å². The first-order valence-electron chi connectivity index (χ1n) is 8.30. The number of hydrogen-bond acceptors (Lipinski definition) is 3. The van der Waals surface area contributed by atoms with Crippen LogP contribution in [0.1, 0.15) is 36.5 Å². The SMILES string of the molecule is CCOc1ccc(CC(CN)c2ccc(OC)c(CC)c2)cc1. The molecule has 2 rings (SSSR count). The van der Waals surface area contributed by atoms with Crippen molar-refractivity contribution in [2.24, 2.45) is 5.73 Å². The second-order valence-corrected chi connectivity index (χ2v) is 5.64. The number of rotatable bonds is 8. The Morgan fingerprint density at radius 3 is 2.35 bits per heavy atom. The van der Waals surface area contributed by atoms with Gasteiger partial charge >= 0.3 is 0 Å². The first kappa shape index (κ1) is 17.4. The predicted octanol–water partition coefficient (Wildman–Crippen LogP) is 3.94. The van der Waals surface area contributed by atoms with Crippen molar-refractivity contribution in [1.29, 1.82) is 0 Å². The smallest absolute Gasteiger partial charge is 0.122 e. The van der Waals surface area contributed by atoms with Crippen molar-refractivity contribution < 1.29 is 9.47 Å². The average molecular weight is 313 g/mol. The Hall–Kier alpha value is -2.00. The van der Waals surface area contributed by atoms with Crippen LogP contribution in [0, 0.1) is 0 Å². The monoisotopic (exact) mass is 313 g/mol. The van der Waals surface area contributed by atoms with E-state index in [0.717, 1.165) is 24.3 Å². The first-order valence-corrected chi connectivity index (χ1v) is 8.30. The van der Waals surface area contributed by atoms with E-state index in [1.54, 1.807) is 7.11 Å². The largest absolute Gasteiger partial charge is 0.496 e. The van der Waals surface area contributed by atoms with Gasteiger partial charge in [0.05, 0.1) is 13.7 Å². The van der Waals surface area contributed by atoms with Crippen molar-refractivity contribution in [3.63, 3.8) is 0 Å². The fourth-order valence-electron chi connectivity index (χ4n) is 2.84. The molecule has 3 heteroatoms. The molecular weight excluding hydrogens is 286 g/mol. The van der Waals surface area contributed by atoms with Crippen molar-refractivity contribution in [2.45, 2.75) is 32.6 Å². The Labute approximate surface area is 139 Å². The third kappa shape index (κ3) is 4.49. The molecular formula is C20H27NO2. The zero-order valence-electron chi connectivity index (χ0n) is 14.3. The van der Waals surface area contributed by atoms with Gasteiger partial charge in [-0.2, -0.15) is 0 Å². The van der Waals surface area contributed by atoms with Gasteiger partial charge in [-0.3, -0.25) is 0 Å². The van der Waals surface area contributed by atoms with Crippen LogP contribution in [0.4, 0.5) is 0 Å². The lowest BCUT2D eigenvalue weighted by atomic mass is 9.90. The Bertz CT molecular complexity index is 608. The van der Waals surface area contributed by atoms with Gasteiger partial charge in [-0.1, -0.05) is 31.2 Å². The number of ether oxygens (including phenoxy) is 2. The molecule has 1 atom stereocenters. The molecule has 0 saturated heterocycles. The number of nitrogens with two attached hydrogens (primary N) is 1. The molecule has 3 nitrogen and oxygen atoms in total. The van der Waals surface area contributed by atoms with E-state index in [1.165, 1.54) is 16.7 Å².